The Morgan fingerprint density at radius 2 is 2.03 bits per heavy atom. The highest BCUT2D eigenvalue weighted by atomic mass is 19.1. The first-order valence-corrected chi connectivity index (χ1v) is 10.5. The van der Waals surface area contributed by atoms with Crippen LogP contribution in [0.3, 0.4) is 0 Å². The highest BCUT2D eigenvalue weighted by Crippen LogP contribution is 2.50. The van der Waals surface area contributed by atoms with E-state index in [-0.39, 0.29) is 24.4 Å². The third-order valence-corrected chi connectivity index (χ3v) is 6.83. The standard InChI is InChI=1S/C23H24F2N6O/c1-13(16-9-22(2)19(24)10-23(3,30-22)20(16)25)21-27-11-17(28-29-21)15-5-4-14(8-18(15)32)31-7-6-26-12-31/h4-8,11-12,16,19-20,30,32H,1,9-10H2,2-3H3/t16-,19+,20-,22-,23-/m0/s1. The van der Waals surface area contributed by atoms with E-state index in [0.717, 1.165) is 5.69 Å². The van der Waals surface area contributed by atoms with Gasteiger partial charge in [-0.25, -0.2) is 18.7 Å². The third kappa shape index (κ3) is 3.19. The lowest BCUT2D eigenvalue weighted by Gasteiger charge is -2.44. The number of aromatic hydroxyl groups is 1. The molecule has 0 unspecified atom stereocenters. The smallest absolute Gasteiger partial charge is 0.177 e. The van der Waals surface area contributed by atoms with E-state index in [1.54, 1.807) is 49.3 Å². The predicted octanol–water partition coefficient (Wildman–Crippen LogP) is 3.65. The SMILES string of the molecule is C=C(c1ncc(-c2ccc(-n3ccnc3)cc2O)nn1)[C@@H]1C[C@]2(C)N[C@@](C)(C[C@H]2F)[C@H]1F. The van der Waals surface area contributed by atoms with Crippen LogP contribution in [0.15, 0.2) is 49.7 Å². The third-order valence-electron chi connectivity index (χ3n) is 6.83. The van der Waals surface area contributed by atoms with Crippen LogP contribution in [0.4, 0.5) is 8.78 Å². The summed E-state index contributed by atoms with van der Waals surface area (Å²) in [6.07, 6.45) is 4.48. The number of fused-ring (bicyclic) bond motifs is 2. The van der Waals surface area contributed by atoms with Crippen LogP contribution in [0.25, 0.3) is 22.5 Å². The second-order valence-electron chi connectivity index (χ2n) is 9.21. The van der Waals surface area contributed by atoms with Crippen molar-refractivity contribution < 1.29 is 13.9 Å². The lowest BCUT2D eigenvalue weighted by atomic mass is 9.75. The second-order valence-corrected chi connectivity index (χ2v) is 9.21. The van der Waals surface area contributed by atoms with Crippen molar-refractivity contribution in [2.24, 2.45) is 5.92 Å². The molecule has 166 valence electrons. The molecular formula is C23H24F2N6O. The van der Waals surface area contributed by atoms with Crippen LogP contribution < -0.4 is 5.32 Å². The van der Waals surface area contributed by atoms with Gasteiger partial charge in [0.05, 0.1) is 23.8 Å². The summed E-state index contributed by atoms with van der Waals surface area (Å²) in [5.41, 5.74) is 0.245. The number of phenols is 1. The number of allylic oxidation sites excluding steroid dienone is 1. The van der Waals surface area contributed by atoms with Crippen molar-refractivity contribution in [3.05, 3.63) is 55.5 Å². The van der Waals surface area contributed by atoms with Gasteiger partial charge in [-0.05, 0) is 38.0 Å². The summed E-state index contributed by atoms with van der Waals surface area (Å²) in [5, 5.41) is 21.9. The molecule has 0 amide bonds. The Morgan fingerprint density at radius 1 is 1.22 bits per heavy atom. The van der Waals surface area contributed by atoms with Gasteiger partial charge in [-0.15, -0.1) is 10.2 Å². The maximum Gasteiger partial charge on any atom is 0.177 e. The van der Waals surface area contributed by atoms with E-state index >= 15 is 4.39 Å². The van der Waals surface area contributed by atoms with E-state index in [1.807, 2.05) is 6.07 Å². The fourth-order valence-electron chi connectivity index (χ4n) is 5.06. The first kappa shape index (κ1) is 20.7. The fourth-order valence-corrected chi connectivity index (χ4v) is 5.06. The number of piperidine rings is 1. The Balaban J connectivity index is 1.39. The van der Waals surface area contributed by atoms with Gasteiger partial charge in [0.15, 0.2) is 5.82 Å². The number of aromatic nitrogens is 5. The average molecular weight is 438 g/mol. The Morgan fingerprint density at radius 3 is 2.69 bits per heavy atom. The largest absolute Gasteiger partial charge is 0.507 e. The number of alkyl halides is 2. The first-order valence-electron chi connectivity index (χ1n) is 10.5. The van der Waals surface area contributed by atoms with E-state index in [9.17, 15) is 9.50 Å². The molecule has 2 aliphatic rings. The van der Waals surface area contributed by atoms with Gasteiger partial charge in [-0.1, -0.05) is 6.58 Å². The van der Waals surface area contributed by atoms with Crippen molar-refractivity contribution in [1.29, 1.82) is 0 Å². The molecule has 5 atom stereocenters. The minimum atomic E-state index is -1.31. The summed E-state index contributed by atoms with van der Waals surface area (Å²) in [6, 6.07) is 5.13. The quantitative estimate of drug-likeness (QED) is 0.647. The summed E-state index contributed by atoms with van der Waals surface area (Å²) in [6.45, 7) is 7.53. The van der Waals surface area contributed by atoms with Gasteiger partial charge in [0.1, 0.15) is 23.8 Å². The number of rotatable bonds is 4. The number of benzene rings is 1. The summed E-state index contributed by atoms with van der Waals surface area (Å²) in [4.78, 5) is 8.33. The van der Waals surface area contributed by atoms with E-state index < -0.39 is 29.3 Å². The normalized spacial score (nSPS) is 31.6. The maximum absolute atomic E-state index is 15.3. The molecule has 1 aromatic carbocycles. The summed E-state index contributed by atoms with van der Waals surface area (Å²) in [7, 11) is 0. The summed E-state index contributed by atoms with van der Waals surface area (Å²) < 4.78 is 31.7. The second kappa shape index (κ2) is 7.16. The zero-order chi connectivity index (χ0) is 22.7. The number of nitrogens with one attached hydrogen (secondary N) is 1. The first-order chi connectivity index (χ1) is 15.2. The Hall–Kier alpha value is -3.20. The number of phenolic OH excluding ortho intramolecular Hbond substituents is 1. The summed E-state index contributed by atoms with van der Waals surface area (Å²) in [5.74, 6) is -0.366. The molecule has 32 heavy (non-hydrogen) atoms. The molecule has 2 aliphatic heterocycles. The van der Waals surface area contributed by atoms with Gasteiger partial charge in [0.2, 0.25) is 0 Å². The van der Waals surface area contributed by atoms with Crippen LogP contribution in [0.1, 0.15) is 32.5 Å². The molecule has 2 saturated heterocycles. The van der Waals surface area contributed by atoms with Crippen LogP contribution >= 0.6 is 0 Å². The van der Waals surface area contributed by atoms with Crippen LogP contribution in [0.2, 0.25) is 0 Å². The lowest BCUT2D eigenvalue weighted by Crippen LogP contribution is -2.61. The average Bonchev–Trinajstić information content (AvgIpc) is 3.37. The van der Waals surface area contributed by atoms with Gasteiger partial charge in [0.25, 0.3) is 0 Å². The molecule has 7 nitrogen and oxygen atoms in total. The molecule has 9 heteroatoms. The topological polar surface area (TPSA) is 88.8 Å². The Labute approximate surface area is 184 Å². The highest BCUT2D eigenvalue weighted by molar-refractivity contribution is 5.68. The van der Waals surface area contributed by atoms with Crippen LogP contribution in [-0.2, 0) is 0 Å². The molecular weight excluding hydrogens is 414 g/mol. The van der Waals surface area contributed by atoms with Gasteiger partial charge in [-0.2, -0.15) is 0 Å². The maximum atomic E-state index is 15.3. The molecule has 2 N–H and O–H groups in total. The van der Waals surface area contributed by atoms with Crippen molar-refractivity contribution in [1.82, 2.24) is 30.0 Å². The van der Waals surface area contributed by atoms with E-state index in [0.29, 0.717) is 16.8 Å². The number of halogens is 2. The van der Waals surface area contributed by atoms with Gasteiger partial charge in [0, 0.05) is 41.9 Å². The van der Waals surface area contributed by atoms with Gasteiger partial charge < -0.3 is 15.0 Å². The molecule has 5 rings (SSSR count). The van der Waals surface area contributed by atoms with Crippen molar-refractivity contribution in [2.45, 2.75) is 50.1 Å². The van der Waals surface area contributed by atoms with Gasteiger partial charge >= 0.3 is 0 Å². The molecule has 0 radical (unpaired) electrons. The van der Waals surface area contributed by atoms with Crippen molar-refractivity contribution in [3.63, 3.8) is 0 Å². The Kier molecular flexibility index (Phi) is 4.63. The monoisotopic (exact) mass is 438 g/mol. The number of hydrogen-bond acceptors (Lipinski definition) is 6. The minimum absolute atomic E-state index is 0.0208. The van der Waals surface area contributed by atoms with Crippen molar-refractivity contribution in [3.8, 4) is 22.7 Å². The fraction of sp³-hybridized carbons (Fsp3) is 0.391. The van der Waals surface area contributed by atoms with E-state index in [1.165, 1.54) is 6.20 Å². The van der Waals surface area contributed by atoms with Crippen LogP contribution in [0.5, 0.6) is 5.75 Å². The molecule has 0 aliphatic carbocycles. The molecule has 0 saturated carbocycles. The molecule has 3 aromatic rings. The number of nitrogens with zero attached hydrogens (tertiary/aromatic N) is 5. The lowest BCUT2D eigenvalue weighted by molar-refractivity contribution is 0.0707. The highest BCUT2D eigenvalue weighted by Gasteiger charge is 2.61. The van der Waals surface area contributed by atoms with E-state index in [4.69, 9.17) is 0 Å². The zero-order valence-electron chi connectivity index (χ0n) is 17.8. The number of hydrogen-bond donors (Lipinski definition) is 2. The molecule has 4 heterocycles. The molecule has 2 bridgehead atoms. The predicted molar refractivity (Wildman–Crippen MR) is 116 cm³/mol. The molecule has 2 fully saturated rings. The minimum Gasteiger partial charge on any atom is -0.507 e. The summed E-state index contributed by atoms with van der Waals surface area (Å²) >= 11 is 0. The molecule has 0 spiro atoms. The van der Waals surface area contributed by atoms with Gasteiger partial charge in [-0.3, -0.25) is 0 Å². The van der Waals surface area contributed by atoms with Crippen molar-refractivity contribution in [2.75, 3.05) is 0 Å². The Bertz CT molecular complexity index is 1170. The van der Waals surface area contributed by atoms with E-state index in [2.05, 4.69) is 32.1 Å². The van der Waals surface area contributed by atoms with Crippen LogP contribution in [-0.4, -0.2) is 53.3 Å². The van der Waals surface area contributed by atoms with Crippen molar-refractivity contribution >= 4 is 5.57 Å². The number of imidazole rings is 1. The van der Waals surface area contributed by atoms with Crippen LogP contribution in [0, 0.1) is 5.92 Å². The molecule has 2 aromatic heterocycles. The zero-order valence-corrected chi connectivity index (χ0v) is 17.8.